The number of fused-ring (bicyclic) bond motifs is 3. The molecule has 5 amide bonds. The van der Waals surface area contributed by atoms with E-state index in [4.69, 9.17) is 4.84 Å². The highest BCUT2D eigenvalue weighted by Crippen LogP contribution is 2.69. The maximum absolute atomic E-state index is 15.6. The monoisotopic (exact) mass is 981 g/mol. The Hall–Kier alpha value is -4.86. The third-order valence-corrected chi connectivity index (χ3v) is 16.9. The fourth-order valence-electron chi connectivity index (χ4n) is 9.07. The summed E-state index contributed by atoms with van der Waals surface area (Å²) in [5.74, 6) is -3.96. The average Bonchev–Trinajstić information content (AvgIpc) is 3.75. The van der Waals surface area contributed by atoms with Crippen molar-refractivity contribution in [3.05, 3.63) is 74.8 Å². The van der Waals surface area contributed by atoms with Crippen LogP contribution in [0.15, 0.2) is 41.1 Å². The van der Waals surface area contributed by atoms with Crippen LogP contribution in [0.25, 0.3) is 5.57 Å². The zero-order valence-electron chi connectivity index (χ0n) is 38.1. The van der Waals surface area contributed by atoms with Gasteiger partial charge in [-0.05, 0) is 101 Å². The zero-order chi connectivity index (χ0) is 50.0. The molecule has 67 heavy (non-hydrogen) atoms. The second-order valence-corrected chi connectivity index (χ2v) is 21.5. The number of allylic oxidation sites excluding steroid dienone is 1. The summed E-state index contributed by atoms with van der Waals surface area (Å²) in [5, 5.41) is 15.0. The third kappa shape index (κ3) is 11.2. The normalized spacial score (nSPS) is 21.5. The van der Waals surface area contributed by atoms with E-state index < -0.39 is 82.7 Å². The van der Waals surface area contributed by atoms with Gasteiger partial charge in [0.1, 0.15) is 17.8 Å². The lowest BCUT2D eigenvalue weighted by Crippen LogP contribution is -2.47. The van der Waals surface area contributed by atoms with Crippen LogP contribution in [0.2, 0.25) is 0 Å². The molecule has 3 aliphatic heterocycles. The van der Waals surface area contributed by atoms with Gasteiger partial charge in [0.05, 0.1) is 30.9 Å². The molecule has 25 heteroatoms. The van der Waals surface area contributed by atoms with Gasteiger partial charge >= 0.3 is 28.6 Å². The second-order valence-electron chi connectivity index (χ2n) is 17.5. The average molecular weight is 982 g/mol. The van der Waals surface area contributed by atoms with Crippen LogP contribution < -0.4 is 16.0 Å². The van der Waals surface area contributed by atoms with Crippen molar-refractivity contribution in [3.63, 3.8) is 0 Å². The first-order chi connectivity index (χ1) is 31.1. The lowest BCUT2D eigenvalue weighted by Gasteiger charge is -2.34. The summed E-state index contributed by atoms with van der Waals surface area (Å²) in [6.45, 7) is 6.87. The van der Waals surface area contributed by atoms with Crippen LogP contribution in [0.3, 0.4) is 0 Å². The van der Waals surface area contributed by atoms with Crippen LogP contribution >= 0.6 is 15.2 Å². The molecule has 366 valence electrons. The minimum Gasteiger partial charge on any atom is -0.368 e. The summed E-state index contributed by atoms with van der Waals surface area (Å²) in [4.78, 5) is 121. The summed E-state index contributed by atoms with van der Waals surface area (Å²) in [7, 11) is -10.7. The predicted molar refractivity (Wildman–Crippen MR) is 238 cm³/mol. The Morgan fingerprint density at radius 3 is 2.09 bits per heavy atom. The Bertz CT molecular complexity index is 2440. The molecule has 2 unspecified atom stereocenters. The molecule has 2 aromatic rings. The van der Waals surface area contributed by atoms with E-state index in [-0.39, 0.29) is 78.5 Å². The largest absolute Gasteiger partial charge is 0.677 e. The number of quaternary nitrogens is 1. The van der Waals surface area contributed by atoms with Crippen molar-refractivity contribution in [2.45, 2.75) is 115 Å². The van der Waals surface area contributed by atoms with Gasteiger partial charge in [-0.1, -0.05) is 12.1 Å². The maximum atomic E-state index is 15.6. The van der Waals surface area contributed by atoms with E-state index in [9.17, 15) is 62.6 Å². The van der Waals surface area contributed by atoms with Crippen molar-refractivity contribution in [1.82, 2.24) is 25.5 Å². The summed E-state index contributed by atoms with van der Waals surface area (Å²) < 4.78 is 55.8. The van der Waals surface area contributed by atoms with Gasteiger partial charge in [0.15, 0.2) is 0 Å². The first-order valence-corrected chi connectivity index (χ1v) is 25.0. The molecule has 0 radical (unpaired) electrons. The number of imide groups is 1. The van der Waals surface area contributed by atoms with Crippen molar-refractivity contribution < 1.29 is 80.5 Å². The Balaban J connectivity index is 1.53. The number of benzene rings is 1. The van der Waals surface area contributed by atoms with E-state index in [0.717, 1.165) is 15.6 Å². The molecule has 0 spiro atoms. The molecule has 1 aromatic carbocycles. The van der Waals surface area contributed by atoms with Crippen molar-refractivity contribution in [1.29, 1.82) is 0 Å². The smallest absolute Gasteiger partial charge is 0.368 e. The highest BCUT2D eigenvalue weighted by atomic mass is 31.2. The highest BCUT2D eigenvalue weighted by Gasteiger charge is 2.58. The van der Waals surface area contributed by atoms with Crippen LogP contribution in [-0.2, 0) is 44.4 Å². The number of carbonyl (C=O) groups excluding carboxylic acids is 6. The predicted octanol–water partition coefficient (Wildman–Crippen LogP) is 3.05. The van der Waals surface area contributed by atoms with Crippen LogP contribution in [0.5, 0.6) is 0 Å². The molecule has 1 fully saturated rings. The van der Waals surface area contributed by atoms with Crippen molar-refractivity contribution in [2.75, 3.05) is 27.2 Å². The quantitative estimate of drug-likeness (QED) is 0.0528. The molecule has 4 bridgehead atoms. The van der Waals surface area contributed by atoms with Gasteiger partial charge in [0.2, 0.25) is 17.7 Å². The summed E-state index contributed by atoms with van der Waals surface area (Å²) in [5.41, 5.74) is 4.30. The van der Waals surface area contributed by atoms with E-state index in [0.29, 0.717) is 52.3 Å². The number of rotatable bonds is 11. The number of carbonyl (C=O) groups is 6. The zero-order valence-corrected chi connectivity index (χ0v) is 39.9. The van der Waals surface area contributed by atoms with Gasteiger partial charge in [-0.3, -0.25) is 46.2 Å². The molecule has 8 N–H and O–H groups in total. The molecule has 4 heterocycles. The first-order valence-electron chi connectivity index (χ1n) is 21.8. The van der Waals surface area contributed by atoms with Crippen molar-refractivity contribution in [3.8, 4) is 0 Å². The number of aromatic nitrogens is 1. The fourth-order valence-corrected chi connectivity index (χ4v) is 11.3. The van der Waals surface area contributed by atoms with E-state index in [1.807, 2.05) is 27.9 Å². The van der Waals surface area contributed by atoms with E-state index in [2.05, 4.69) is 16.0 Å². The number of hydrogen-bond donors (Lipinski definition) is 8. The Labute approximate surface area is 386 Å². The number of amides is 5. The lowest BCUT2D eigenvalue weighted by atomic mass is 9.91. The number of halogens is 2. The molecule has 1 aromatic heterocycles. The minimum absolute atomic E-state index is 0.0240. The van der Waals surface area contributed by atoms with Gasteiger partial charge in [-0.15, -0.1) is 5.06 Å². The number of likely N-dealkylation sites (N-methyl/N-ethyl adjacent to an activating group) is 1. The van der Waals surface area contributed by atoms with Gasteiger partial charge in [0, 0.05) is 56.5 Å². The Morgan fingerprint density at radius 1 is 0.910 bits per heavy atom. The van der Waals surface area contributed by atoms with E-state index in [1.165, 1.54) is 19.1 Å². The first kappa shape index (κ1) is 53.1. The third-order valence-electron chi connectivity index (χ3n) is 13.0. The summed E-state index contributed by atoms with van der Waals surface area (Å²) in [6, 6.07) is 4.49. The summed E-state index contributed by atoms with van der Waals surface area (Å²) in [6.07, 6.45) is -0.851. The molecular formula is C42H58BF2N6O14P2+. The van der Waals surface area contributed by atoms with E-state index in [1.54, 1.807) is 19.1 Å². The molecule has 20 nitrogen and oxygen atoms in total. The number of aliphatic hydroxyl groups is 1. The Kier molecular flexibility index (Phi) is 16.5. The fraction of sp³-hybridized carbons (Fsp3) is 0.524. The molecule has 5 rings (SSSR count). The second kappa shape index (κ2) is 20.8. The van der Waals surface area contributed by atoms with E-state index >= 15 is 8.63 Å². The minimum atomic E-state index is -5.73. The van der Waals surface area contributed by atoms with Gasteiger partial charge in [0.25, 0.3) is 16.9 Å². The van der Waals surface area contributed by atoms with Crippen LogP contribution in [0.4, 0.5) is 8.63 Å². The van der Waals surface area contributed by atoms with Gasteiger partial charge in [-0.2, -0.15) is 0 Å². The van der Waals surface area contributed by atoms with Crippen LogP contribution in [-0.4, -0.2) is 126 Å². The molecule has 0 saturated carbocycles. The molecule has 2 atom stereocenters. The molecule has 3 aliphatic rings. The SMILES string of the molecule is CC1=C2CCC(=O)NCCCCC(C(=O)NCCCC(O)(P(=O)(O)O)P(=O)(O)O)NC(=O)CCc3c(C)c(n(B(F)F)c3C)/C(c3ccc(C(=O)ON4C(=O)CCC4=O)cc3)=C/1[N+](C)(C)C2C. The van der Waals surface area contributed by atoms with Crippen molar-refractivity contribution in [2.24, 2.45) is 0 Å². The number of nitrogens with one attached hydrogen (secondary N) is 3. The topological polar surface area (TPSA) is 291 Å². The van der Waals surface area contributed by atoms with Crippen LogP contribution in [0.1, 0.15) is 116 Å². The van der Waals surface area contributed by atoms with Gasteiger partial charge in [-0.25, -0.2) is 4.79 Å². The lowest BCUT2D eigenvalue weighted by molar-refractivity contribution is -0.862. The molecular weight excluding hydrogens is 923 g/mol. The number of nitrogens with zero attached hydrogens (tertiary/aromatic N) is 3. The number of hydroxylamine groups is 2. The number of hydrogen-bond acceptors (Lipinski definition) is 10. The van der Waals surface area contributed by atoms with Crippen molar-refractivity contribution >= 4 is 63.7 Å². The summed E-state index contributed by atoms with van der Waals surface area (Å²) >= 11 is 0. The van der Waals surface area contributed by atoms with Crippen LogP contribution in [0, 0.1) is 13.8 Å². The molecule has 1 saturated heterocycles. The standard InChI is InChI=1S/C42H57BF2N6O14P2/c1-24-30-15-18-34(53)48-32(40(56)47-23-9-21-42(58,66(59,60)61)67(62,63)64)10-7-8-22-46-33(52)17-16-31-25(2)39(51(5,6)27(31)4)37(38(24)49(26(30)3)43(44)45)28-11-13-29(14-12-28)41(57)65-50-35(54)19-20-36(50)55/h11-14,27,32,58H,7-10,15-23H2,1-6H3,(H6-,46,47,48,52,53,56,59,60,61,62,63,64)/p+1/b39-37-. The maximum Gasteiger partial charge on any atom is 0.677 e. The Morgan fingerprint density at radius 2 is 1.51 bits per heavy atom. The molecule has 0 aliphatic carbocycles. The highest BCUT2D eigenvalue weighted by molar-refractivity contribution is 7.72. The van der Waals surface area contributed by atoms with Gasteiger partial charge < -0.3 is 49.9 Å².